The quantitative estimate of drug-likeness (QED) is 0.409. The Morgan fingerprint density at radius 3 is 2.92 bits per heavy atom. The molecule has 0 saturated heterocycles. The monoisotopic (exact) mass is 357 g/mol. The molecular formula is C16H11N3O3S2. The Morgan fingerprint density at radius 1 is 1.42 bits per heavy atom. The number of amides is 1. The van der Waals surface area contributed by atoms with Gasteiger partial charge < -0.3 is 4.57 Å². The van der Waals surface area contributed by atoms with Crippen LogP contribution in [0.3, 0.4) is 0 Å². The zero-order chi connectivity index (χ0) is 17.1. The van der Waals surface area contributed by atoms with Crippen molar-refractivity contribution in [3.63, 3.8) is 0 Å². The number of nitro groups is 1. The predicted octanol–water partition coefficient (Wildman–Crippen LogP) is 2.98. The normalized spacial score (nSPS) is 11.5. The van der Waals surface area contributed by atoms with Crippen LogP contribution in [0.1, 0.15) is 4.88 Å². The molecule has 1 aromatic carbocycles. The van der Waals surface area contributed by atoms with Gasteiger partial charge in [0.1, 0.15) is 0 Å². The number of terminal acetylenes is 1. The van der Waals surface area contributed by atoms with Gasteiger partial charge in [0.15, 0.2) is 4.80 Å². The smallest absolute Gasteiger partial charge is 0.270 e. The van der Waals surface area contributed by atoms with Crippen LogP contribution in [0.5, 0.6) is 0 Å². The van der Waals surface area contributed by atoms with Crippen molar-refractivity contribution in [1.82, 2.24) is 4.57 Å². The molecule has 0 unspecified atom stereocenters. The summed E-state index contributed by atoms with van der Waals surface area (Å²) in [7, 11) is 0. The lowest BCUT2D eigenvalue weighted by molar-refractivity contribution is -0.384. The first-order chi connectivity index (χ1) is 11.6. The minimum atomic E-state index is -0.455. The van der Waals surface area contributed by atoms with Gasteiger partial charge >= 0.3 is 0 Å². The van der Waals surface area contributed by atoms with E-state index in [1.807, 2.05) is 17.5 Å². The van der Waals surface area contributed by atoms with Crippen molar-refractivity contribution in [3.8, 4) is 12.3 Å². The Bertz CT molecular complexity index is 1020. The van der Waals surface area contributed by atoms with E-state index in [0.29, 0.717) is 9.50 Å². The second kappa shape index (κ2) is 6.78. The van der Waals surface area contributed by atoms with E-state index in [9.17, 15) is 14.9 Å². The minimum absolute atomic E-state index is 0.00642. The molecule has 0 spiro atoms. The molecule has 3 rings (SSSR count). The van der Waals surface area contributed by atoms with Crippen LogP contribution in [-0.2, 0) is 17.8 Å². The van der Waals surface area contributed by atoms with Gasteiger partial charge in [-0.2, -0.15) is 4.99 Å². The van der Waals surface area contributed by atoms with Crippen molar-refractivity contribution in [2.24, 2.45) is 4.99 Å². The highest BCUT2D eigenvalue weighted by Gasteiger charge is 2.12. The first kappa shape index (κ1) is 16.1. The standard InChI is InChI=1S/C16H11N3O3S2/c1-2-7-18-13-6-5-11(19(21)22)9-14(13)24-16(18)17-15(20)10-12-4-3-8-23-12/h1,3-6,8-9H,7,10H2. The van der Waals surface area contributed by atoms with Gasteiger partial charge in [-0.25, -0.2) is 0 Å². The number of rotatable bonds is 4. The van der Waals surface area contributed by atoms with Gasteiger partial charge in [-0.05, 0) is 17.5 Å². The summed E-state index contributed by atoms with van der Waals surface area (Å²) in [4.78, 5) is 28.2. The van der Waals surface area contributed by atoms with Crippen molar-refractivity contribution in [1.29, 1.82) is 0 Å². The molecular weight excluding hydrogens is 346 g/mol. The fourth-order valence-corrected chi connectivity index (χ4v) is 3.99. The topological polar surface area (TPSA) is 77.5 Å². The molecule has 2 aromatic heterocycles. The molecule has 0 aliphatic heterocycles. The molecule has 3 aromatic rings. The number of thiophene rings is 1. The molecule has 120 valence electrons. The van der Waals surface area contributed by atoms with E-state index in [-0.39, 0.29) is 24.6 Å². The van der Waals surface area contributed by atoms with Crippen LogP contribution < -0.4 is 4.80 Å². The number of nitrogens with zero attached hydrogens (tertiary/aromatic N) is 3. The van der Waals surface area contributed by atoms with Crippen LogP contribution in [-0.4, -0.2) is 15.4 Å². The van der Waals surface area contributed by atoms with Gasteiger partial charge in [-0.1, -0.05) is 23.3 Å². The molecule has 1 amide bonds. The number of aromatic nitrogens is 1. The highest BCUT2D eigenvalue weighted by atomic mass is 32.1. The molecule has 0 atom stereocenters. The SMILES string of the molecule is C#CCn1c(=NC(=O)Cc2cccs2)sc2cc([N+](=O)[O-])ccc21. The number of nitro benzene ring substituents is 1. The lowest BCUT2D eigenvalue weighted by atomic mass is 10.3. The molecule has 0 fully saturated rings. The second-order valence-electron chi connectivity index (χ2n) is 4.85. The lowest BCUT2D eigenvalue weighted by Crippen LogP contribution is -2.16. The summed E-state index contributed by atoms with van der Waals surface area (Å²) in [5.74, 6) is 2.25. The molecule has 0 bridgehead atoms. The van der Waals surface area contributed by atoms with Gasteiger partial charge in [-0.3, -0.25) is 14.9 Å². The summed E-state index contributed by atoms with van der Waals surface area (Å²) in [6, 6.07) is 8.27. The molecule has 6 nitrogen and oxygen atoms in total. The van der Waals surface area contributed by atoms with Gasteiger partial charge in [0.25, 0.3) is 11.6 Å². The maximum Gasteiger partial charge on any atom is 0.270 e. The lowest BCUT2D eigenvalue weighted by Gasteiger charge is -1.99. The Morgan fingerprint density at radius 2 is 2.25 bits per heavy atom. The minimum Gasteiger partial charge on any atom is -0.305 e. The average molecular weight is 357 g/mol. The molecule has 0 N–H and O–H groups in total. The van der Waals surface area contributed by atoms with Crippen molar-refractivity contribution in [2.45, 2.75) is 13.0 Å². The number of non-ortho nitro benzene ring substituents is 1. The van der Waals surface area contributed by atoms with Crippen LogP contribution in [0.2, 0.25) is 0 Å². The number of fused-ring (bicyclic) bond motifs is 1. The van der Waals surface area contributed by atoms with Crippen molar-refractivity contribution < 1.29 is 9.72 Å². The van der Waals surface area contributed by atoms with Crippen molar-refractivity contribution in [2.75, 3.05) is 0 Å². The third-order valence-electron chi connectivity index (χ3n) is 3.25. The third-order valence-corrected chi connectivity index (χ3v) is 5.17. The third kappa shape index (κ3) is 3.27. The molecule has 0 aliphatic carbocycles. The fraction of sp³-hybridized carbons (Fsp3) is 0.125. The van der Waals surface area contributed by atoms with Crippen LogP contribution in [0, 0.1) is 22.5 Å². The van der Waals surface area contributed by atoms with E-state index in [4.69, 9.17) is 6.42 Å². The number of carbonyl (C=O) groups excluding carboxylic acids is 1. The van der Waals surface area contributed by atoms with Gasteiger partial charge in [0, 0.05) is 17.0 Å². The number of thiazole rings is 1. The zero-order valence-corrected chi connectivity index (χ0v) is 14.0. The van der Waals surface area contributed by atoms with Crippen LogP contribution >= 0.6 is 22.7 Å². The number of hydrogen-bond donors (Lipinski definition) is 0. The first-order valence-corrected chi connectivity index (χ1v) is 8.59. The van der Waals surface area contributed by atoms with E-state index >= 15 is 0 Å². The maximum atomic E-state index is 12.2. The van der Waals surface area contributed by atoms with E-state index in [0.717, 1.165) is 10.4 Å². The van der Waals surface area contributed by atoms with Crippen molar-refractivity contribution in [3.05, 3.63) is 55.5 Å². The Labute approximate surface area is 144 Å². The van der Waals surface area contributed by atoms with Crippen LogP contribution in [0.15, 0.2) is 40.7 Å². The summed E-state index contributed by atoms with van der Waals surface area (Å²) in [6.45, 7) is 0.239. The summed E-state index contributed by atoms with van der Waals surface area (Å²) < 4.78 is 2.39. The Kier molecular flexibility index (Phi) is 4.55. The second-order valence-corrected chi connectivity index (χ2v) is 6.89. The van der Waals surface area contributed by atoms with Crippen molar-refractivity contribution >= 4 is 44.5 Å². The zero-order valence-electron chi connectivity index (χ0n) is 12.3. The van der Waals surface area contributed by atoms with Gasteiger partial charge in [0.05, 0.1) is 28.1 Å². The summed E-state index contributed by atoms with van der Waals surface area (Å²) in [5, 5.41) is 12.8. The number of benzene rings is 1. The molecule has 24 heavy (non-hydrogen) atoms. The van der Waals surface area contributed by atoms with Gasteiger partial charge in [-0.15, -0.1) is 17.8 Å². The largest absolute Gasteiger partial charge is 0.305 e. The van der Waals surface area contributed by atoms with E-state index < -0.39 is 4.92 Å². The Balaban J connectivity index is 2.07. The highest BCUT2D eigenvalue weighted by Crippen LogP contribution is 2.23. The number of hydrogen-bond acceptors (Lipinski definition) is 5. The fourth-order valence-electron chi connectivity index (χ4n) is 2.21. The first-order valence-electron chi connectivity index (χ1n) is 6.89. The summed E-state index contributed by atoms with van der Waals surface area (Å²) in [5.41, 5.74) is 0.722. The summed E-state index contributed by atoms with van der Waals surface area (Å²) in [6.07, 6.45) is 5.62. The number of carbonyl (C=O) groups is 1. The van der Waals surface area contributed by atoms with Crippen LogP contribution in [0.25, 0.3) is 10.2 Å². The van der Waals surface area contributed by atoms with E-state index in [2.05, 4.69) is 10.9 Å². The highest BCUT2D eigenvalue weighted by molar-refractivity contribution is 7.16. The van der Waals surface area contributed by atoms with Gasteiger partial charge in [0.2, 0.25) is 0 Å². The predicted molar refractivity (Wildman–Crippen MR) is 93.9 cm³/mol. The average Bonchev–Trinajstić information content (AvgIpc) is 3.15. The summed E-state index contributed by atoms with van der Waals surface area (Å²) >= 11 is 2.71. The molecule has 8 heteroatoms. The molecule has 0 aliphatic rings. The van der Waals surface area contributed by atoms with E-state index in [1.165, 1.54) is 34.8 Å². The van der Waals surface area contributed by atoms with E-state index in [1.54, 1.807) is 10.6 Å². The molecule has 0 radical (unpaired) electrons. The molecule has 0 saturated carbocycles. The maximum absolute atomic E-state index is 12.2. The van der Waals surface area contributed by atoms with Crippen LogP contribution in [0.4, 0.5) is 5.69 Å². The molecule has 2 heterocycles. The Hall–Kier alpha value is -2.76.